The number of aryl methyl sites for hydroxylation is 1. The molecule has 0 saturated heterocycles. The lowest BCUT2D eigenvalue weighted by atomic mass is 10.2. The van der Waals surface area contributed by atoms with Crippen molar-refractivity contribution in [1.29, 1.82) is 0 Å². The van der Waals surface area contributed by atoms with Gasteiger partial charge in [-0.25, -0.2) is 10.8 Å². The molecule has 1 aliphatic carbocycles. The van der Waals surface area contributed by atoms with Gasteiger partial charge in [-0.1, -0.05) is 30.5 Å². The second-order valence-corrected chi connectivity index (χ2v) is 4.55. The van der Waals surface area contributed by atoms with Gasteiger partial charge in [-0.3, -0.25) is 5.43 Å². The highest BCUT2D eigenvalue weighted by atomic mass is 15.3. The molecule has 0 atom stereocenters. The number of aliphatic imine (C=N–C) groups is 1. The Hall–Kier alpha value is -1.55. The lowest BCUT2D eigenvalue weighted by molar-refractivity contribution is 0.700. The first-order valence-electron chi connectivity index (χ1n) is 6.16. The van der Waals surface area contributed by atoms with Crippen LogP contribution in [0.2, 0.25) is 0 Å². The molecule has 0 spiro atoms. The van der Waals surface area contributed by atoms with Crippen LogP contribution >= 0.6 is 0 Å². The average molecular weight is 232 g/mol. The van der Waals surface area contributed by atoms with Gasteiger partial charge in [-0.15, -0.1) is 0 Å². The molecule has 1 aromatic rings. The molecule has 2 rings (SSSR count). The minimum absolute atomic E-state index is 0.416. The minimum atomic E-state index is 0.416. The Morgan fingerprint density at radius 1 is 1.24 bits per heavy atom. The molecule has 0 unspecified atom stereocenters. The molecule has 1 aliphatic rings. The molecule has 4 N–H and O–H groups in total. The molecule has 0 heterocycles. The van der Waals surface area contributed by atoms with Crippen molar-refractivity contribution in [3.63, 3.8) is 0 Å². The van der Waals surface area contributed by atoms with Crippen LogP contribution in [0.1, 0.15) is 31.2 Å². The molecule has 0 aliphatic heterocycles. The van der Waals surface area contributed by atoms with Gasteiger partial charge >= 0.3 is 0 Å². The number of hydrogen-bond acceptors (Lipinski definition) is 2. The van der Waals surface area contributed by atoms with E-state index >= 15 is 0 Å². The lowest BCUT2D eigenvalue weighted by Crippen LogP contribution is -2.37. The summed E-state index contributed by atoms with van der Waals surface area (Å²) < 4.78 is 0. The van der Waals surface area contributed by atoms with Gasteiger partial charge in [-0.05, 0) is 31.9 Å². The summed E-state index contributed by atoms with van der Waals surface area (Å²) in [5, 5.41) is 3.20. The van der Waals surface area contributed by atoms with Crippen LogP contribution in [0, 0.1) is 6.92 Å². The quantitative estimate of drug-likeness (QED) is 0.317. The number of nitrogens with zero attached hydrogens (tertiary/aromatic N) is 1. The third kappa shape index (κ3) is 3.46. The fourth-order valence-corrected chi connectivity index (χ4v) is 2.10. The molecular weight excluding hydrogens is 212 g/mol. The van der Waals surface area contributed by atoms with Gasteiger partial charge in [0, 0.05) is 5.69 Å². The number of anilines is 1. The predicted octanol–water partition coefficient (Wildman–Crippen LogP) is 2.17. The number of guanidine groups is 1. The Morgan fingerprint density at radius 2 is 1.88 bits per heavy atom. The predicted molar refractivity (Wildman–Crippen MR) is 71.8 cm³/mol. The largest absolute Gasteiger partial charge is 0.325 e. The molecule has 17 heavy (non-hydrogen) atoms. The molecule has 0 radical (unpaired) electrons. The van der Waals surface area contributed by atoms with E-state index in [9.17, 15) is 0 Å². The molecule has 0 bridgehead atoms. The first-order valence-corrected chi connectivity index (χ1v) is 6.16. The highest BCUT2D eigenvalue weighted by Crippen LogP contribution is 2.21. The van der Waals surface area contributed by atoms with Crippen LogP contribution in [-0.4, -0.2) is 12.0 Å². The molecule has 92 valence electrons. The Kier molecular flexibility index (Phi) is 3.98. The van der Waals surface area contributed by atoms with Crippen LogP contribution in [0.4, 0.5) is 5.69 Å². The average Bonchev–Trinajstić information content (AvgIpc) is 2.84. The summed E-state index contributed by atoms with van der Waals surface area (Å²) in [6.45, 7) is 2.07. The van der Waals surface area contributed by atoms with Crippen LogP contribution in [0.15, 0.2) is 29.3 Å². The topological polar surface area (TPSA) is 62.4 Å². The first kappa shape index (κ1) is 11.9. The maximum absolute atomic E-state index is 5.49. The summed E-state index contributed by atoms with van der Waals surface area (Å²) in [6, 6.07) is 8.59. The smallest absolute Gasteiger partial charge is 0.210 e. The van der Waals surface area contributed by atoms with Gasteiger partial charge in [0.05, 0.1) is 6.04 Å². The molecule has 1 saturated carbocycles. The number of nitrogens with one attached hydrogen (secondary N) is 2. The van der Waals surface area contributed by atoms with Gasteiger partial charge in [0.25, 0.3) is 0 Å². The van der Waals surface area contributed by atoms with Crippen molar-refractivity contribution in [1.82, 2.24) is 5.43 Å². The zero-order valence-electron chi connectivity index (χ0n) is 10.2. The third-order valence-electron chi connectivity index (χ3n) is 3.09. The maximum atomic E-state index is 5.49. The first-order chi connectivity index (χ1) is 8.28. The van der Waals surface area contributed by atoms with Crippen molar-refractivity contribution in [3.8, 4) is 0 Å². The van der Waals surface area contributed by atoms with E-state index in [0.29, 0.717) is 12.0 Å². The van der Waals surface area contributed by atoms with Gasteiger partial charge in [0.2, 0.25) is 5.96 Å². The lowest BCUT2D eigenvalue weighted by Gasteiger charge is -2.11. The molecule has 1 aromatic carbocycles. The summed E-state index contributed by atoms with van der Waals surface area (Å²) in [5.74, 6) is 6.14. The van der Waals surface area contributed by atoms with E-state index < -0.39 is 0 Å². The van der Waals surface area contributed by atoms with Gasteiger partial charge in [-0.2, -0.15) is 0 Å². The molecule has 4 nitrogen and oxygen atoms in total. The standard InChI is InChI=1S/C13H20N4/c1-10-6-8-12(9-7-10)16-13(17-14)15-11-4-2-3-5-11/h6-9,11H,2-5,14H2,1H3,(H2,15,16,17). The van der Waals surface area contributed by atoms with Crippen molar-refractivity contribution in [3.05, 3.63) is 29.8 Å². The number of hydrazine groups is 1. The number of nitrogens with two attached hydrogens (primary N) is 1. The highest BCUT2D eigenvalue weighted by molar-refractivity contribution is 5.93. The SMILES string of the molecule is Cc1ccc(NC(=NC2CCCC2)NN)cc1. The van der Waals surface area contributed by atoms with E-state index in [1.165, 1.54) is 31.2 Å². The maximum Gasteiger partial charge on any atom is 0.210 e. The number of rotatable bonds is 2. The van der Waals surface area contributed by atoms with Crippen molar-refractivity contribution in [2.24, 2.45) is 10.8 Å². The molecule has 1 fully saturated rings. The van der Waals surface area contributed by atoms with E-state index in [1.54, 1.807) is 0 Å². The molecule has 0 amide bonds. The second kappa shape index (κ2) is 5.68. The van der Waals surface area contributed by atoms with Gasteiger partial charge in [0.1, 0.15) is 0 Å². The van der Waals surface area contributed by atoms with Crippen molar-refractivity contribution in [2.45, 2.75) is 38.6 Å². The van der Waals surface area contributed by atoms with Crippen LogP contribution in [0.5, 0.6) is 0 Å². The van der Waals surface area contributed by atoms with Crippen molar-refractivity contribution < 1.29 is 0 Å². The van der Waals surface area contributed by atoms with E-state index in [1.807, 2.05) is 12.1 Å². The van der Waals surface area contributed by atoms with E-state index in [-0.39, 0.29) is 0 Å². The monoisotopic (exact) mass is 232 g/mol. The Balaban J connectivity index is 2.01. The minimum Gasteiger partial charge on any atom is -0.325 e. The van der Waals surface area contributed by atoms with E-state index in [4.69, 9.17) is 5.84 Å². The van der Waals surface area contributed by atoms with Crippen LogP contribution in [-0.2, 0) is 0 Å². The van der Waals surface area contributed by atoms with Crippen LogP contribution < -0.4 is 16.6 Å². The summed E-state index contributed by atoms with van der Waals surface area (Å²) in [5.41, 5.74) is 4.88. The Labute approximate surface area is 102 Å². The van der Waals surface area contributed by atoms with Crippen LogP contribution in [0.25, 0.3) is 0 Å². The van der Waals surface area contributed by atoms with E-state index in [2.05, 4.69) is 34.8 Å². The number of benzene rings is 1. The molecular formula is C13H20N4. The summed E-state index contributed by atoms with van der Waals surface area (Å²) in [7, 11) is 0. The Morgan fingerprint density at radius 3 is 2.47 bits per heavy atom. The third-order valence-corrected chi connectivity index (χ3v) is 3.09. The Bertz CT molecular complexity index is 377. The molecule has 4 heteroatoms. The number of hydrogen-bond donors (Lipinski definition) is 3. The fraction of sp³-hybridized carbons (Fsp3) is 0.462. The van der Waals surface area contributed by atoms with Gasteiger partial charge in [0.15, 0.2) is 0 Å². The van der Waals surface area contributed by atoms with E-state index in [0.717, 1.165) is 5.69 Å². The zero-order valence-corrected chi connectivity index (χ0v) is 10.2. The zero-order chi connectivity index (χ0) is 12.1. The van der Waals surface area contributed by atoms with Crippen molar-refractivity contribution in [2.75, 3.05) is 5.32 Å². The van der Waals surface area contributed by atoms with Crippen LogP contribution in [0.3, 0.4) is 0 Å². The molecule has 0 aromatic heterocycles. The summed E-state index contributed by atoms with van der Waals surface area (Å²) in [6.07, 6.45) is 4.88. The summed E-state index contributed by atoms with van der Waals surface area (Å²) in [4.78, 5) is 4.58. The fourth-order valence-electron chi connectivity index (χ4n) is 2.10. The van der Waals surface area contributed by atoms with Crippen molar-refractivity contribution >= 4 is 11.6 Å². The summed E-state index contributed by atoms with van der Waals surface area (Å²) >= 11 is 0. The highest BCUT2D eigenvalue weighted by Gasteiger charge is 2.14. The second-order valence-electron chi connectivity index (χ2n) is 4.55. The normalized spacial score (nSPS) is 17.2. The van der Waals surface area contributed by atoms with Gasteiger partial charge < -0.3 is 5.32 Å².